The number of hydrogen-bond donors (Lipinski definition) is 1. The van der Waals surface area contributed by atoms with Gasteiger partial charge in [-0.15, -0.1) is 11.3 Å². The maximum atomic E-state index is 12.7. The van der Waals surface area contributed by atoms with Gasteiger partial charge >= 0.3 is 0 Å². The van der Waals surface area contributed by atoms with E-state index in [0.29, 0.717) is 11.3 Å². The summed E-state index contributed by atoms with van der Waals surface area (Å²) in [5, 5.41) is 3.81. The molecule has 0 aliphatic carbocycles. The van der Waals surface area contributed by atoms with Crippen LogP contribution in [0.1, 0.15) is 20.9 Å². The molecule has 0 spiro atoms. The Morgan fingerprint density at radius 3 is 2.37 bits per heavy atom. The van der Waals surface area contributed by atoms with Gasteiger partial charge in [-0.05, 0) is 48.0 Å². The van der Waals surface area contributed by atoms with Gasteiger partial charge in [0.05, 0.1) is 15.9 Å². The second-order valence-corrected chi connectivity index (χ2v) is 7.86. The molecule has 1 N–H and O–H groups in total. The van der Waals surface area contributed by atoms with Crippen molar-refractivity contribution in [2.75, 3.05) is 0 Å². The van der Waals surface area contributed by atoms with E-state index >= 15 is 0 Å². The number of fused-ring (bicyclic) bond motifs is 1. The van der Waals surface area contributed by atoms with Crippen molar-refractivity contribution in [2.24, 2.45) is 0 Å². The van der Waals surface area contributed by atoms with E-state index in [4.69, 9.17) is 4.98 Å². The van der Waals surface area contributed by atoms with Crippen LogP contribution in [0.5, 0.6) is 0 Å². The average Bonchev–Trinajstić information content (AvgIpc) is 3.14. The lowest BCUT2D eigenvalue weighted by Gasteiger charge is -2.08. The fourth-order valence-electron chi connectivity index (χ4n) is 2.65. The van der Waals surface area contributed by atoms with Crippen molar-refractivity contribution in [3.63, 3.8) is 0 Å². The Kier molecular flexibility index (Phi) is 5.14. The molecule has 4 rings (SSSR count). The molecule has 3 nitrogen and oxygen atoms in total. The third-order valence-electron chi connectivity index (χ3n) is 3.99. The quantitative estimate of drug-likeness (QED) is 0.428. The third-order valence-corrected chi connectivity index (χ3v) is 5.59. The fraction of sp³-hybridized carbons (Fsp3) is 0. The minimum absolute atomic E-state index is 0.154. The molecule has 0 aliphatic rings. The topological polar surface area (TPSA) is 42.0 Å². The van der Waals surface area contributed by atoms with Gasteiger partial charge in [0.25, 0.3) is 5.91 Å². The number of rotatable bonds is 4. The minimum atomic E-state index is -0.154. The van der Waals surface area contributed by atoms with Crippen LogP contribution >= 0.6 is 27.3 Å². The summed E-state index contributed by atoms with van der Waals surface area (Å²) in [6, 6.07) is 25.1. The van der Waals surface area contributed by atoms with Crippen molar-refractivity contribution in [1.29, 1.82) is 0 Å². The van der Waals surface area contributed by atoms with Gasteiger partial charge in [0.15, 0.2) is 0 Å². The lowest BCUT2D eigenvalue weighted by molar-refractivity contribution is 0.0974. The molecule has 1 aromatic heterocycles. The van der Waals surface area contributed by atoms with E-state index in [0.717, 1.165) is 25.3 Å². The van der Waals surface area contributed by atoms with Crippen LogP contribution in [0.3, 0.4) is 0 Å². The number of nitrogens with one attached hydrogen (secondary N) is 1. The lowest BCUT2D eigenvalue weighted by atomic mass is 10.1. The van der Waals surface area contributed by atoms with Crippen molar-refractivity contribution in [3.8, 4) is 0 Å². The summed E-state index contributed by atoms with van der Waals surface area (Å²) in [5.74, 6) is -0.154. The summed E-state index contributed by atoms with van der Waals surface area (Å²) in [7, 11) is 0. The Morgan fingerprint density at radius 1 is 0.926 bits per heavy atom. The molecule has 27 heavy (non-hydrogen) atoms. The number of benzene rings is 3. The molecule has 0 bridgehead atoms. The zero-order valence-corrected chi connectivity index (χ0v) is 16.6. The molecule has 3 aromatic carbocycles. The van der Waals surface area contributed by atoms with Crippen LogP contribution < -0.4 is 5.32 Å². The summed E-state index contributed by atoms with van der Waals surface area (Å²) in [5.41, 5.74) is 3.21. The number of nitrogens with zero attached hydrogens (tertiary/aromatic N) is 1. The Labute approximate surface area is 169 Å². The molecule has 0 unspecified atom stereocenters. The highest BCUT2D eigenvalue weighted by Crippen LogP contribution is 2.27. The molecule has 0 atom stereocenters. The van der Waals surface area contributed by atoms with Crippen LogP contribution in [0.25, 0.3) is 22.0 Å². The third kappa shape index (κ3) is 4.15. The summed E-state index contributed by atoms with van der Waals surface area (Å²) < 4.78 is 2.10. The molecule has 132 valence electrons. The molecule has 5 heteroatoms. The maximum Gasteiger partial charge on any atom is 0.255 e. The molecule has 0 fully saturated rings. The van der Waals surface area contributed by atoms with Gasteiger partial charge in [0.2, 0.25) is 0 Å². The fourth-order valence-corrected chi connectivity index (χ4v) is 3.85. The van der Waals surface area contributed by atoms with E-state index in [-0.39, 0.29) is 5.91 Å². The number of aromatic nitrogens is 1. The van der Waals surface area contributed by atoms with Gasteiger partial charge in [-0.2, -0.15) is 0 Å². The largest absolute Gasteiger partial charge is 0.319 e. The number of carbonyl (C=O) groups is 1. The molecular formula is C22H15BrN2OS. The Balaban J connectivity index is 1.74. The maximum absolute atomic E-state index is 12.7. The smallest absolute Gasteiger partial charge is 0.255 e. The van der Waals surface area contributed by atoms with Crippen LogP contribution in [0, 0.1) is 0 Å². The average molecular weight is 435 g/mol. The van der Waals surface area contributed by atoms with Crippen LogP contribution in [-0.4, -0.2) is 10.9 Å². The summed E-state index contributed by atoms with van der Waals surface area (Å²) in [4.78, 5) is 17.4. The molecule has 0 radical (unpaired) electrons. The van der Waals surface area contributed by atoms with Gasteiger partial charge in [-0.25, -0.2) is 4.98 Å². The summed E-state index contributed by atoms with van der Waals surface area (Å²) >= 11 is 5.01. The standard InChI is InChI=1S/C22H15BrN2OS/c23-17-12-10-15(11-13-17)14-19(24-21(26)16-6-2-1-3-7-16)22-25-18-8-4-5-9-20(18)27-22/h1-14H,(H,24,26)/b19-14-. The number of para-hydroxylation sites is 1. The van der Waals surface area contributed by atoms with Crippen LogP contribution in [0.2, 0.25) is 0 Å². The summed E-state index contributed by atoms with van der Waals surface area (Å²) in [6.45, 7) is 0. The number of hydrogen-bond acceptors (Lipinski definition) is 3. The van der Waals surface area contributed by atoms with Gasteiger partial charge in [-0.3, -0.25) is 4.79 Å². The van der Waals surface area contributed by atoms with E-state index in [9.17, 15) is 4.79 Å². The Hall–Kier alpha value is -2.76. The van der Waals surface area contributed by atoms with E-state index in [2.05, 4.69) is 21.2 Å². The zero-order chi connectivity index (χ0) is 18.6. The number of halogens is 1. The second kappa shape index (κ2) is 7.86. The molecular weight excluding hydrogens is 420 g/mol. The molecule has 0 saturated heterocycles. The van der Waals surface area contributed by atoms with Crippen LogP contribution in [-0.2, 0) is 0 Å². The van der Waals surface area contributed by atoms with Crippen molar-refractivity contribution in [3.05, 3.63) is 99.5 Å². The molecule has 4 aromatic rings. The molecule has 1 amide bonds. The Bertz CT molecular complexity index is 1080. The highest BCUT2D eigenvalue weighted by atomic mass is 79.9. The van der Waals surface area contributed by atoms with Gasteiger partial charge in [0, 0.05) is 10.0 Å². The summed E-state index contributed by atoms with van der Waals surface area (Å²) in [6.07, 6.45) is 1.95. The predicted octanol–water partition coefficient (Wildman–Crippen LogP) is 5.99. The first-order valence-electron chi connectivity index (χ1n) is 8.39. The van der Waals surface area contributed by atoms with E-state index in [1.54, 1.807) is 23.5 Å². The number of thiazole rings is 1. The first kappa shape index (κ1) is 17.6. The van der Waals surface area contributed by atoms with Gasteiger partial charge in [-0.1, -0.05) is 58.4 Å². The molecule has 0 saturated carbocycles. The molecule has 1 heterocycles. The first-order chi connectivity index (χ1) is 13.2. The Morgan fingerprint density at radius 2 is 1.63 bits per heavy atom. The first-order valence-corrected chi connectivity index (χ1v) is 9.99. The highest BCUT2D eigenvalue weighted by molar-refractivity contribution is 9.10. The normalized spacial score (nSPS) is 11.5. The van der Waals surface area contributed by atoms with Crippen molar-refractivity contribution in [1.82, 2.24) is 10.3 Å². The van der Waals surface area contributed by atoms with E-state index in [1.165, 1.54) is 0 Å². The molecule has 0 aliphatic heterocycles. The lowest BCUT2D eigenvalue weighted by Crippen LogP contribution is -2.21. The van der Waals surface area contributed by atoms with Crippen molar-refractivity contribution >= 4 is 55.2 Å². The zero-order valence-electron chi connectivity index (χ0n) is 14.2. The predicted molar refractivity (Wildman–Crippen MR) is 116 cm³/mol. The monoisotopic (exact) mass is 434 g/mol. The van der Waals surface area contributed by atoms with E-state index < -0.39 is 0 Å². The second-order valence-electron chi connectivity index (χ2n) is 5.92. The van der Waals surface area contributed by atoms with Crippen LogP contribution in [0.15, 0.2) is 83.3 Å². The van der Waals surface area contributed by atoms with Crippen molar-refractivity contribution in [2.45, 2.75) is 0 Å². The van der Waals surface area contributed by atoms with Crippen molar-refractivity contribution < 1.29 is 4.79 Å². The highest BCUT2D eigenvalue weighted by Gasteiger charge is 2.13. The minimum Gasteiger partial charge on any atom is -0.319 e. The SMILES string of the molecule is O=C(N/C(=C\c1ccc(Br)cc1)c1nc2ccccc2s1)c1ccccc1. The number of amides is 1. The van der Waals surface area contributed by atoms with E-state index in [1.807, 2.05) is 72.8 Å². The van der Waals surface area contributed by atoms with Gasteiger partial charge in [0.1, 0.15) is 5.01 Å². The number of carbonyl (C=O) groups excluding carboxylic acids is 1. The van der Waals surface area contributed by atoms with Crippen LogP contribution in [0.4, 0.5) is 0 Å². The van der Waals surface area contributed by atoms with Gasteiger partial charge < -0.3 is 5.32 Å².